The van der Waals surface area contributed by atoms with Gasteiger partial charge in [0.1, 0.15) is 11.5 Å². The molecule has 1 aliphatic heterocycles. The normalized spacial score (nSPS) is 21.7. The molecule has 3 heterocycles. The average molecular weight is 848 g/mol. The first kappa shape index (κ1) is 42.5. The molecule has 1 saturated carbocycles. The number of phenols is 2. The van der Waals surface area contributed by atoms with E-state index in [0.29, 0.717) is 49.2 Å². The highest BCUT2D eigenvalue weighted by Crippen LogP contribution is 2.47. The number of fused-ring (bicyclic) bond motifs is 8. The summed E-state index contributed by atoms with van der Waals surface area (Å²) in [6.07, 6.45) is 17.9. The Kier molecular flexibility index (Phi) is 12.7. The van der Waals surface area contributed by atoms with E-state index in [2.05, 4.69) is 23.2 Å². The Hall–Kier alpha value is -5.84. The van der Waals surface area contributed by atoms with Crippen LogP contribution < -0.4 is 9.72 Å². The molecule has 0 unspecified atom stereocenters. The molecule has 0 saturated heterocycles. The number of carbonyl (C=O) groups excluding carboxylic acids is 2. The number of H-pyrrole nitrogens is 1. The summed E-state index contributed by atoms with van der Waals surface area (Å²) in [4.78, 5) is 38.0. The maximum Gasteiger partial charge on any atom is 0.161 e. The van der Waals surface area contributed by atoms with E-state index < -0.39 is 11.8 Å². The molecule has 328 valence electrons. The second kappa shape index (κ2) is 18.9. The van der Waals surface area contributed by atoms with Gasteiger partial charge in [-0.2, -0.15) is 6.20 Å². The Bertz CT molecular complexity index is 2520. The van der Waals surface area contributed by atoms with Crippen LogP contribution in [0.1, 0.15) is 113 Å². The first-order valence-electron chi connectivity index (χ1n) is 22.8. The van der Waals surface area contributed by atoms with Gasteiger partial charge in [-0.25, -0.2) is 0 Å². The molecular weight excluding hydrogens is 791 g/mol. The van der Waals surface area contributed by atoms with E-state index in [1.165, 1.54) is 0 Å². The van der Waals surface area contributed by atoms with Crippen LogP contribution in [-0.2, 0) is 41.7 Å². The van der Waals surface area contributed by atoms with Gasteiger partial charge >= 0.3 is 0 Å². The number of Topliss-reactive ketones (excluding diaryl/α,β-unsaturated/α-hetero) is 2. The number of aromatic hydroxyl groups is 2. The van der Waals surface area contributed by atoms with Crippen LogP contribution in [-0.4, -0.2) is 62.8 Å². The van der Waals surface area contributed by atoms with Crippen LogP contribution in [0.4, 0.5) is 5.82 Å². The van der Waals surface area contributed by atoms with Gasteiger partial charge in [0.15, 0.2) is 17.3 Å². The SMILES string of the molecule is O=C1CCc2cc(c(O)c(OC3CCCC3)c2)Cc2ccc(CCO)c(c2)Cc2cc[nH]c2[N-]CC2=Cc3[n-]ccc3[C@H](C[C@@H]3C=Cc4c(O)cccc4CC3)[C@H]2C(=O)[C@H]1CCO. The highest BCUT2D eigenvalue weighted by atomic mass is 16.5. The van der Waals surface area contributed by atoms with Gasteiger partial charge in [0, 0.05) is 43.1 Å². The van der Waals surface area contributed by atoms with Crippen LogP contribution in [0.3, 0.4) is 0 Å². The van der Waals surface area contributed by atoms with E-state index in [4.69, 9.17) is 15.0 Å². The Morgan fingerprint density at radius 2 is 1.68 bits per heavy atom. The number of aryl methyl sites for hydroxylation is 2. The molecule has 4 aliphatic rings. The topological polar surface area (TPSA) is 168 Å². The van der Waals surface area contributed by atoms with Crippen LogP contribution >= 0.6 is 0 Å². The number of ketones is 2. The van der Waals surface area contributed by atoms with E-state index in [-0.39, 0.29) is 73.6 Å². The van der Waals surface area contributed by atoms with Crippen molar-refractivity contribution in [2.75, 3.05) is 19.8 Å². The van der Waals surface area contributed by atoms with Gasteiger partial charge in [0.2, 0.25) is 0 Å². The summed E-state index contributed by atoms with van der Waals surface area (Å²) in [5.41, 5.74) is 10.0. The summed E-state index contributed by atoms with van der Waals surface area (Å²) in [5, 5.41) is 48.0. The van der Waals surface area contributed by atoms with Crippen LogP contribution in [0.5, 0.6) is 17.2 Å². The van der Waals surface area contributed by atoms with Crippen LogP contribution in [0, 0.1) is 17.8 Å². The monoisotopic (exact) mass is 847 g/mol. The summed E-state index contributed by atoms with van der Waals surface area (Å²) in [5.74, 6) is -0.967. The smallest absolute Gasteiger partial charge is 0.161 e. The second-order valence-electron chi connectivity index (χ2n) is 18.0. The lowest BCUT2D eigenvalue weighted by Gasteiger charge is -2.38. The first-order chi connectivity index (χ1) is 30.8. The highest BCUT2D eigenvalue weighted by Gasteiger charge is 2.41. The molecule has 9 rings (SSSR count). The van der Waals surface area contributed by atoms with Crippen molar-refractivity contribution in [2.45, 2.75) is 95.5 Å². The van der Waals surface area contributed by atoms with Gasteiger partial charge in [-0.1, -0.05) is 89.9 Å². The summed E-state index contributed by atoms with van der Waals surface area (Å²) in [7, 11) is 0. The Labute approximate surface area is 369 Å². The van der Waals surface area contributed by atoms with E-state index in [0.717, 1.165) is 94.3 Å². The number of ether oxygens (including phenoxy) is 1. The fraction of sp³-hybridized carbons (Fsp3) is 0.396. The molecule has 0 amide bonds. The second-order valence-corrected chi connectivity index (χ2v) is 18.0. The van der Waals surface area contributed by atoms with Crippen molar-refractivity contribution in [3.63, 3.8) is 0 Å². The molecule has 0 spiro atoms. The minimum Gasteiger partial charge on any atom is -0.664 e. The van der Waals surface area contributed by atoms with Gasteiger partial charge in [-0.05, 0) is 135 Å². The van der Waals surface area contributed by atoms with E-state index in [1.807, 2.05) is 60.8 Å². The lowest BCUT2D eigenvalue weighted by atomic mass is 9.67. The third-order valence-electron chi connectivity index (χ3n) is 13.9. The Morgan fingerprint density at radius 1 is 0.825 bits per heavy atom. The predicted molar refractivity (Wildman–Crippen MR) is 244 cm³/mol. The Morgan fingerprint density at radius 3 is 2.52 bits per heavy atom. The minimum absolute atomic E-state index is 0.00591. The number of phenolic OH excluding ortho intramolecular Hbond substituents is 2. The standard InChI is InChI=1S/C53H57N3O7/c57-22-18-35-12-9-33-24-38(35)29-37-16-20-55-53(37)56-31-40-30-46-43(17-21-54-46)45(27-32-8-13-36-4-3-7-47(59)42(36)14-10-32)50(40)52(62)44(19-23-58)48(60)15-11-34-26-39(25-33)51(61)49(28-34)63-41-5-1-2-6-41/h3-4,7,9-10,12,14,16-17,20-21,24,26,28,30,32,41,44-45,50,55,57-59,61H,1-2,5-6,8,11,13,15,18-19,22-23,25,27,29,31H2/q-2/t32-,44-,45-,50-/m0/s1. The largest absolute Gasteiger partial charge is 0.664 e. The first-order valence-corrected chi connectivity index (χ1v) is 22.8. The number of hydrogen-bond acceptors (Lipinski definition) is 7. The number of rotatable bonds is 8. The molecule has 4 atom stereocenters. The summed E-state index contributed by atoms with van der Waals surface area (Å²) >= 11 is 0. The van der Waals surface area contributed by atoms with Crippen molar-refractivity contribution in [3.8, 4) is 17.2 Å². The minimum atomic E-state index is -1.04. The molecule has 2 aromatic heterocycles. The molecule has 10 heteroatoms. The molecule has 10 nitrogen and oxygen atoms in total. The van der Waals surface area contributed by atoms with Crippen molar-refractivity contribution in [1.82, 2.24) is 9.97 Å². The molecule has 0 radical (unpaired) electrons. The molecule has 3 aliphatic carbocycles. The number of aliphatic hydroxyl groups excluding tert-OH is 2. The van der Waals surface area contributed by atoms with E-state index >= 15 is 4.79 Å². The van der Waals surface area contributed by atoms with E-state index in [9.17, 15) is 25.2 Å². The zero-order valence-corrected chi connectivity index (χ0v) is 35.8. The van der Waals surface area contributed by atoms with Crippen molar-refractivity contribution >= 4 is 29.5 Å². The fourth-order valence-electron chi connectivity index (χ4n) is 10.6. The van der Waals surface area contributed by atoms with Gasteiger partial charge in [-0.15, -0.1) is 5.69 Å². The number of hydrogen-bond donors (Lipinski definition) is 5. The molecule has 1 fully saturated rings. The molecule has 4 bridgehead atoms. The molecule has 5 N–H and O–H groups in total. The number of nitrogens with one attached hydrogen (secondary N) is 1. The Balaban J connectivity index is 1.11. The quantitative estimate of drug-likeness (QED) is 0.0965. The maximum atomic E-state index is 15.4. The lowest BCUT2D eigenvalue weighted by molar-refractivity contribution is -0.135. The van der Waals surface area contributed by atoms with Crippen LogP contribution in [0.25, 0.3) is 17.5 Å². The van der Waals surface area contributed by atoms with Crippen LogP contribution in [0.2, 0.25) is 0 Å². The third kappa shape index (κ3) is 9.15. The fourth-order valence-corrected chi connectivity index (χ4v) is 10.6. The molecule has 63 heavy (non-hydrogen) atoms. The summed E-state index contributed by atoms with van der Waals surface area (Å²) in [6.45, 7) is -0.110. The number of aliphatic hydroxyl groups is 2. The van der Waals surface area contributed by atoms with Gasteiger partial charge in [0.05, 0.1) is 12.0 Å². The number of nitrogens with zero attached hydrogens (tertiary/aromatic N) is 2. The van der Waals surface area contributed by atoms with Gasteiger partial charge in [0.25, 0.3) is 0 Å². The van der Waals surface area contributed by atoms with Gasteiger partial charge < -0.3 is 40.4 Å². The number of aromatic nitrogens is 2. The number of aromatic amines is 1. The van der Waals surface area contributed by atoms with Crippen molar-refractivity contribution in [2.24, 2.45) is 17.8 Å². The molecular formula is C53H57N3O7-2. The predicted octanol–water partition coefficient (Wildman–Crippen LogP) is 8.97. The van der Waals surface area contributed by atoms with Crippen molar-refractivity contribution in [1.29, 1.82) is 0 Å². The van der Waals surface area contributed by atoms with Crippen LogP contribution in [0.15, 0.2) is 84.7 Å². The van der Waals surface area contributed by atoms with Crippen molar-refractivity contribution < 1.29 is 34.8 Å². The summed E-state index contributed by atoms with van der Waals surface area (Å²) in [6, 6.07) is 19.7. The molecule has 5 aromatic rings. The third-order valence-corrected chi connectivity index (χ3v) is 13.9. The average Bonchev–Trinajstić information content (AvgIpc) is 4.05. The zero-order chi connectivity index (χ0) is 43.5. The van der Waals surface area contributed by atoms with Gasteiger partial charge in [-0.3, -0.25) is 9.59 Å². The molecule has 3 aromatic carbocycles. The number of allylic oxidation sites excluding steroid dienone is 1. The maximum absolute atomic E-state index is 15.4. The highest BCUT2D eigenvalue weighted by molar-refractivity contribution is 6.05. The summed E-state index contributed by atoms with van der Waals surface area (Å²) < 4.78 is 6.45. The number of benzene rings is 3. The van der Waals surface area contributed by atoms with E-state index in [1.54, 1.807) is 12.3 Å². The van der Waals surface area contributed by atoms with Crippen molar-refractivity contribution in [3.05, 3.63) is 146 Å². The lowest BCUT2D eigenvalue weighted by Crippen LogP contribution is -2.37. The zero-order valence-electron chi connectivity index (χ0n) is 35.8. The number of carbonyl (C=O) groups is 2.